The second-order valence-electron chi connectivity index (χ2n) is 6.13. The van der Waals surface area contributed by atoms with Crippen molar-refractivity contribution in [2.45, 2.75) is 42.9 Å². The highest BCUT2D eigenvalue weighted by Gasteiger charge is 2.15. The van der Waals surface area contributed by atoms with Crippen LogP contribution in [0.15, 0.2) is 52.3 Å². The first kappa shape index (κ1) is 15.6. The molecule has 0 amide bonds. The third-order valence-corrected chi connectivity index (χ3v) is 4.64. The Labute approximate surface area is 130 Å². The number of aryl methyl sites for hydroxylation is 1. The second kappa shape index (κ2) is 5.94. The SMILES string of the molecule is Cc1cccc(C(=O)O)c1Sc1ccc(C(C)(C)C)cc1. The standard InChI is InChI=1S/C18H20O2S/c1-12-6-5-7-15(17(19)20)16(12)21-14-10-8-13(9-11-14)18(2,3)4/h5-11H,1-4H3,(H,19,20). The lowest BCUT2D eigenvalue weighted by atomic mass is 9.87. The molecule has 0 radical (unpaired) electrons. The first-order valence-electron chi connectivity index (χ1n) is 6.90. The van der Waals surface area contributed by atoms with Crippen molar-refractivity contribution in [3.05, 3.63) is 59.2 Å². The molecule has 0 aliphatic heterocycles. The predicted molar refractivity (Wildman–Crippen MR) is 87.4 cm³/mol. The number of carbonyl (C=O) groups is 1. The van der Waals surface area contributed by atoms with Gasteiger partial charge in [-0.05, 0) is 41.7 Å². The summed E-state index contributed by atoms with van der Waals surface area (Å²) in [5.41, 5.74) is 2.74. The Morgan fingerprint density at radius 1 is 1.05 bits per heavy atom. The maximum absolute atomic E-state index is 11.3. The summed E-state index contributed by atoms with van der Waals surface area (Å²) in [6.07, 6.45) is 0. The number of hydrogen-bond acceptors (Lipinski definition) is 2. The van der Waals surface area contributed by atoms with Gasteiger partial charge in [-0.2, -0.15) is 0 Å². The van der Waals surface area contributed by atoms with Gasteiger partial charge in [-0.1, -0.05) is 56.8 Å². The Kier molecular flexibility index (Phi) is 4.43. The van der Waals surface area contributed by atoms with Crippen LogP contribution in [0.4, 0.5) is 0 Å². The Morgan fingerprint density at radius 2 is 1.67 bits per heavy atom. The monoisotopic (exact) mass is 300 g/mol. The molecule has 0 saturated heterocycles. The van der Waals surface area contributed by atoms with Gasteiger partial charge in [0.1, 0.15) is 0 Å². The number of benzene rings is 2. The van der Waals surface area contributed by atoms with E-state index in [9.17, 15) is 9.90 Å². The largest absolute Gasteiger partial charge is 0.478 e. The molecule has 0 atom stereocenters. The molecule has 0 aromatic heterocycles. The number of rotatable bonds is 3. The smallest absolute Gasteiger partial charge is 0.336 e. The first-order valence-corrected chi connectivity index (χ1v) is 7.72. The summed E-state index contributed by atoms with van der Waals surface area (Å²) in [6, 6.07) is 13.7. The van der Waals surface area contributed by atoms with Crippen LogP contribution in [0.1, 0.15) is 42.3 Å². The van der Waals surface area contributed by atoms with Crippen molar-refractivity contribution in [1.29, 1.82) is 0 Å². The molecular formula is C18H20O2S. The van der Waals surface area contributed by atoms with Gasteiger partial charge < -0.3 is 5.11 Å². The predicted octanol–water partition coefficient (Wildman–Crippen LogP) is 5.14. The van der Waals surface area contributed by atoms with E-state index in [1.165, 1.54) is 17.3 Å². The molecule has 0 aliphatic rings. The zero-order valence-electron chi connectivity index (χ0n) is 12.8. The van der Waals surface area contributed by atoms with Crippen molar-refractivity contribution < 1.29 is 9.90 Å². The van der Waals surface area contributed by atoms with E-state index in [0.717, 1.165) is 15.4 Å². The second-order valence-corrected chi connectivity index (χ2v) is 7.22. The molecule has 0 saturated carbocycles. The summed E-state index contributed by atoms with van der Waals surface area (Å²) in [4.78, 5) is 13.2. The van der Waals surface area contributed by atoms with Gasteiger partial charge in [0.15, 0.2) is 0 Å². The van der Waals surface area contributed by atoms with Gasteiger partial charge in [0.2, 0.25) is 0 Å². The van der Waals surface area contributed by atoms with E-state index < -0.39 is 5.97 Å². The number of carboxylic acid groups (broad SMARTS) is 1. The molecule has 21 heavy (non-hydrogen) atoms. The fourth-order valence-electron chi connectivity index (χ4n) is 2.10. The van der Waals surface area contributed by atoms with Crippen molar-refractivity contribution in [3.8, 4) is 0 Å². The lowest BCUT2D eigenvalue weighted by Crippen LogP contribution is -2.10. The van der Waals surface area contributed by atoms with E-state index in [0.29, 0.717) is 5.56 Å². The zero-order valence-corrected chi connectivity index (χ0v) is 13.6. The van der Waals surface area contributed by atoms with Crippen molar-refractivity contribution >= 4 is 17.7 Å². The molecule has 110 valence electrons. The molecule has 3 heteroatoms. The highest BCUT2D eigenvalue weighted by atomic mass is 32.2. The Balaban J connectivity index is 2.33. The third-order valence-electron chi connectivity index (χ3n) is 3.38. The minimum Gasteiger partial charge on any atom is -0.478 e. The minimum absolute atomic E-state index is 0.123. The maximum atomic E-state index is 11.3. The average molecular weight is 300 g/mol. The molecule has 2 rings (SSSR count). The van der Waals surface area contributed by atoms with Crippen molar-refractivity contribution in [3.63, 3.8) is 0 Å². The molecule has 2 aromatic carbocycles. The van der Waals surface area contributed by atoms with Crippen LogP contribution in [0.3, 0.4) is 0 Å². The molecule has 0 aliphatic carbocycles. The summed E-state index contributed by atoms with van der Waals surface area (Å²) in [5, 5.41) is 9.31. The summed E-state index contributed by atoms with van der Waals surface area (Å²) < 4.78 is 0. The Morgan fingerprint density at radius 3 is 2.19 bits per heavy atom. The molecule has 0 heterocycles. The van der Waals surface area contributed by atoms with Gasteiger partial charge in [0.05, 0.1) is 5.56 Å². The van der Waals surface area contributed by atoms with Crippen molar-refractivity contribution in [2.24, 2.45) is 0 Å². The maximum Gasteiger partial charge on any atom is 0.336 e. The lowest BCUT2D eigenvalue weighted by molar-refractivity contribution is 0.0693. The molecule has 2 aromatic rings. The van der Waals surface area contributed by atoms with Crippen molar-refractivity contribution in [2.75, 3.05) is 0 Å². The average Bonchev–Trinajstić information content (AvgIpc) is 2.40. The van der Waals surface area contributed by atoms with Crippen LogP contribution in [0.2, 0.25) is 0 Å². The van der Waals surface area contributed by atoms with Crippen LogP contribution in [-0.2, 0) is 5.41 Å². The molecule has 2 nitrogen and oxygen atoms in total. The van der Waals surface area contributed by atoms with Crippen LogP contribution >= 0.6 is 11.8 Å². The van der Waals surface area contributed by atoms with Crippen LogP contribution in [0.5, 0.6) is 0 Å². The van der Waals surface area contributed by atoms with Gasteiger partial charge in [0.25, 0.3) is 0 Å². The topological polar surface area (TPSA) is 37.3 Å². The molecule has 0 spiro atoms. The van der Waals surface area contributed by atoms with Gasteiger partial charge in [0, 0.05) is 9.79 Å². The number of aromatic carboxylic acids is 1. The van der Waals surface area contributed by atoms with E-state index >= 15 is 0 Å². The van der Waals surface area contributed by atoms with Crippen LogP contribution < -0.4 is 0 Å². The molecule has 0 bridgehead atoms. The van der Waals surface area contributed by atoms with Crippen LogP contribution in [0.25, 0.3) is 0 Å². The molecule has 1 N–H and O–H groups in total. The highest BCUT2D eigenvalue weighted by molar-refractivity contribution is 7.99. The van der Waals surface area contributed by atoms with Crippen LogP contribution in [0, 0.1) is 6.92 Å². The first-order chi connectivity index (χ1) is 9.79. The molecule has 0 unspecified atom stereocenters. The fraction of sp³-hybridized carbons (Fsp3) is 0.278. The molecular weight excluding hydrogens is 280 g/mol. The van der Waals surface area contributed by atoms with Gasteiger partial charge in [-0.25, -0.2) is 4.79 Å². The quantitative estimate of drug-likeness (QED) is 0.852. The van der Waals surface area contributed by atoms with E-state index in [2.05, 4.69) is 45.0 Å². The summed E-state index contributed by atoms with van der Waals surface area (Å²) in [6.45, 7) is 8.48. The van der Waals surface area contributed by atoms with E-state index in [1.807, 2.05) is 13.0 Å². The Bertz CT molecular complexity index is 652. The minimum atomic E-state index is -0.882. The fourth-order valence-corrected chi connectivity index (χ4v) is 3.10. The number of carboxylic acids is 1. The summed E-state index contributed by atoms with van der Waals surface area (Å²) in [5.74, 6) is -0.882. The van der Waals surface area contributed by atoms with Gasteiger partial charge in [-0.15, -0.1) is 0 Å². The number of hydrogen-bond donors (Lipinski definition) is 1. The van der Waals surface area contributed by atoms with Gasteiger partial charge >= 0.3 is 5.97 Å². The normalized spacial score (nSPS) is 11.4. The van der Waals surface area contributed by atoms with Crippen LogP contribution in [-0.4, -0.2) is 11.1 Å². The van der Waals surface area contributed by atoms with E-state index in [4.69, 9.17) is 0 Å². The van der Waals surface area contributed by atoms with Crippen molar-refractivity contribution in [1.82, 2.24) is 0 Å². The third kappa shape index (κ3) is 3.67. The van der Waals surface area contributed by atoms with Gasteiger partial charge in [-0.3, -0.25) is 0 Å². The summed E-state index contributed by atoms with van der Waals surface area (Å²) >= 11 is 1.51. The lowest BCUT2D eigenvalue weighted by Gasteiger charge is -2.19. The van der Waals surface area contributed by atoms with E-state index in [-0.39, 0.29) is 5.41 Å². The van der Waals surface area contributed by atoms with E-state index in [1.54, 1.807) is 12.1 Å². The summed E-state index contributed by atoms with van der Waals surface area (Å²) in [7, 11) is 0. The highest BCUT2D eigenvalue weighted by Crippen LogP contribution is 2.34. The molecule has 0 fully saturated rings. The Hall–Kier alpha value is -1.74. The zero-order chi connectivity index (χ0) is 15.6.